The molecule has 52 heteroatoms. The van der Waals surface area contributed by atoms with E-state index in [9.17, 15) is 135 Å². The van der Waals surface area contributed by atoms with Gasteiger partial charge >= 0.3 is 17.9 Å². The Hall–Kier alpha value is -12.9. The minimum absolute atomic E-state index is 0.0172. The van der Waals surface area contributed by atoms with Gasteiger partial charge in [-0.1, -0.05) is 34.1 Å². The summed E-state index contributed by atoms with van der Waals surface area (Å²) in [6.45, 7) is 3.87. The Morgan fingerprint density at radius 3 is 1.32 bits per heavy atom. The van der Waals surface area contributed by atoms with E-state index in [1.807, 2.05) is 0 Å². The van der Waals surface area contributed by atoms with E-state index in [0.717, 1.165) is 0 Å². The number of nitrogens with two attached hydrogens (primary N) is 7. The molecular weight excluding hydrogens is 1690 g/mol. The van der Waals surface area contributed by atoms with Crippen LogP contribution >= 0.6 is 0 Å². The first kappa shape index (κ1) is 112. The Kier molecular flexibility index (Phi) is 52.9. The fourth-order valence-electron chi connectivity index (χ4n) is 12.2. The molecule has 714 valence electrons. The van der Waals surface area contributed by atoms with E-state index >= 15 is 0 Å². The number of carbonyl (C=O) groups is 24. The number of amides is 21. The lowest BCUT2D eigenvalue weighted by atomic mass is 9.96. The Morgan fingerprint density at radius 2 is 0.866 bits per heavy atom. The zero-order chi connectivity index (χ0) is 96.3. The van der Waals surface area contributed by atoms with Crippen molar-refractivity contribution in [3.8, 4) is 0 Å². The van der Waals surface area contributed by atoms with Gasteiger partial charge in [-0.3, -0.25) is 115 Å². The van der Waals surface area contributed by atoms with Crippen LogP contribution in [-0.4, -0.2) is 291 Å². The predicted molar refractivity (Wildman–Crippen MR) is 439 cm³/mol. The summed E-state index contributed by atoms with van der Waals surface area (Å²) in [6.07, 6.45) is -12.1. The molecule has 15 atom stereocenters. The molecule has 0 bridgehead atoms. The molecule has 1 aliphatic heterocycles. The highest BCUT2D eigenvalue weighted by molar-refractivity contribution is 6.02. The standard InChI is InChI=1S/C75H125N23O29/c1-5-37(4)61(98-72(124)46(31-36(2)3)94-73(125)49(34-99)83-30-26-60(112)113)75(127)93-44-16-23-57(107)85-29-10-6-9-28-84-56(106)22-15-43(66(118)87-39(11-7-8-27-76)63(115)95-47(32-54(80)104)70(122)86-38(62(82)114)17-24-58(108)109)89-64(116)40(12-19-51(77)101)88-65(117)41(13-20-52(78)102)91-71(123)48(33-55(81)105)96-68(120)42(14-21-53(79)103)92-74(126)50(35-100)97-69(121)45(90-67(44)119)18-25-59(110)111/h36-50,61,83,99-100H,5-35,76H2,1-4H3,(H2,77,101)(H2,78,102)(H2,79,103)(H2,80,104)(H2,81,105)(H2,82,114)(H,84,106)(H,85,107)(H,86,122)(H,87,118)(H,88,117)(H,89,116)(H,90,119)(H,91,123)(H,92,126)(H,93,127)(H,94,125)(H,95,115)(H,96,120)(H,97,121)(H,98,124)(H,108,109)(H,110,111)(H,112,113)/t37-,38-,39-,40-,41-,42-,43-,44-,45-,46-,47-,48-,49-,50-,61-/m0/s1. The molecule has 1 saturated heterocycles. The molecule has 0 aliphatic carbocycles. The molecule has 21 amide bonds. The molecule has 1 rings (SSSR count). The number of aliphatic hydroxyl groups excluding tert-OH is 2. The third-order valence-electron chi connectivity index (χ3n) is 19.4. The minimum Gasteiger partial charge on any atom is -0.481 e. The highest BCUT2D eigenvalue weighted by Crippen LogP contribution is 2.16. The van der Waals surface area contributed by atoms with Crippen molar-refractivity contribution < 1.29 is 141 Å². The van der Waals surface area contributed by atoms with Gasteiger partial charge < -0.3 is 151 Å². The van der Waals surface area contributed by atoms with Crippen LogP contribution in [0.15, 0.2) is 0 Å². The average Bonchev–Trinajstić information content (AvgIpc) is 0.850. The Bertz CT molecular complexity index is 3850. The van der Waals surface area contributed by atoms with E-state index < -0.39 is 355 Å². The first-order valence-electron chi connectivity index (χ1n) is 41.2. The SMILES string of the molecule is CC[C@H](C)[C@H](NC(=O)[C@H](CC(C)C)NC(=O)[C@H](CO)NCCC(=O)O)C(=O)N[C@H]1CCC(=O)NCCCCCNC(=O)CC[C@@H](C(=O)N[C@@H](CCCCN)C(=O)N[C@@H](CC(N)=O)C(=O)N[C@@H](CCC(=O)O)C(N)=O)NC(=O)[C@H](CCC(N)=O)NC(=O)[C@H](CCC(N)=O)NC(=O)[C@H](CC(N)=O)NC(=O)[C@H](CCC(N)=O)NC(=O)[C@H](CO)NC(=O)[C@H](CCC(=O)O)NC1=O. The van der Waals surface area contributed by atoms with Crippen LogP contribution in [0.1, 0.15) is 188 Å². The highest BCUT2D eigenvalue weighted by Gasteiger charge is 2.40. The van der Waals surface area contributed by atoms with Crippen LogP contribution in [-0.2, 0) is 115 Å². The number of hydrogen-bond donors (Lipinski definition) is 28. The normalized spacial score (nSPS) is 20.7. The summed E-state index contributed by atoms with van der Waals surface area (Å²) in [5.41, 5.74) is 38.3. The van der Waals surface area contributed by atoms with Gasteiger partial charge in [0, 0.05) is 64.6 Å². The molecule has 0 unspecified atom stereocenters. The molecule has 1 heterocycles. The number of aliphatic carboxylic acids is 3. The lowest BCUT2D eigenvalue weighted by molar-refractivity contribution is -0.139. The summed E-state index contributed by atoms with van der Waals surface area (Å²) in [7, 11) is 0. The summed E-state index contributed by atoms with van der Waals surface area (Å²) < 4.78 is 0. The van der Waals surface area contributed by atoms with Crippen molar-refractivity contribution in [3.63, 3.8) is 0 Å². The van der Waals surface area contributed by atoms with Gasteiger partial charge in [-0.15, -0.1) is 0 Å². The number of carboxylic acids is 3. The number of aliphatic hydroxyl groups is 2. The number of nitrogens with one attached hydrogen (secondary N) is 16. The van der Waals surface area contributed by atoms with Gasteiger partial charge in [-0.2, -0.15) is 0 Å². The molecular formula is C75H125N23O29. The van der Waals surface area contributed by atoms with Crippen LogP contribution < -0.4 is 125 Å². The van der Waals surface area contributed by atoms with Crippen molar-refractivity contribution in [2.75, 3.05) is 39.4 Å². The lowest BCUT2D eigenvalue weighted by Gasteiger charge is -2.30. The molecule has 0 spiro atoms. The second-order valence-corrected chi connectivity index (χ2v) is 30.5. The third kappa shape index (κ3) is 46.6. The summed E-state index contributed by atoms with van der Waals surface area (Å²) in [5.74, 6) is -30.7. The van der Waals surface area contributed by atoms with Gasteiger partial charge in [0.25, 0.3) is 0 Å². The van der Waals surface area contributed by atoms with Crippen LogP contribution in [0.3, 0.4) is 0 Å². The highest BCUT2D eigenvalue weighted by atomic mass is 16.4. The van der Waals surface area contributed by atoms with E-state index in [4.69, 9.17) is 45.2 Å². The van der Waals surface area contributed by atoms with Gasteiger partial charge in [0.05, 0.1) is 32.5 Å². The minimum atomic E-state index is -2.22. The molecule has 1 fully saturated rings. The first-order valence-corrected chi connectivity index (χ1v) is 41.2. The molecule has 0 saturated carbocycles. The van der Waals surface area contributed by atoms with E-state index in [1.165, 1.54) is 6.92 Å². The molecule has 52 nitrogen and oxygen atoms in total. The van der Waals surface area contributed by atoms with E-state index in [1.54, 1.807) is 20.8 Å². The van der Waals surface area contributed by atoms with Crippen LogP contribution in [0, 0.1) is 11.8 Å². The molecule has 0 aromatic heterocycles. The van der Waals surface area contributed by atoms with Crippen molar-refractivity contribution in [1.82, 2.24) is 85.1 Å². The topological polar surface area (TPSA) is 885 Å². The zero-order valence-electron chi connectivity index (χ0n) is 71.2. The van der Waals surface area contributed by atoms with Gasteiger partial charge in [0.2, 0.25) is 124 Å². The maximum absolute atomic E-state index is 14.7. The molecule has 1 aliphatic rings. The molecule has 0 aromatic carbocycles. The molecule has 127 heavy (non-hydrogen) atoms. The number of rotatable bonds is 46. The average molecular weight is 1810 g/mol. The molecule has 35 N–H and O–H groups in total. The number of unbranched alkanes of at least 4 members (excludes halogenated alkanes) is 1. The predicted octanol–water partition coefficient (Wildman–Crippen LogP) is -12.3. The number of primary amides is 6. The summed E-state index contributed by atoms with van der Waals surface area (Å²) in [5, 5.41) is 86.2. The van der Waals surface area contributed by atoms with Crippen molar-refractivity contribution in [1.29, 1.82) is 0 Å². The van der Waals surface area contributed by atoms with Crippen LogP contribution in [0.4, 0.5) is 0 Å². The van der Waals surface area contributed by atoms with Crippen molar-refractivity contribution in [2.45, 2.75) is 273 Å². The molecule has 0 aromatic rings. The van der Waals surface area contributed by atoms with Crippen molar-refractivity contribution in [3.05, 3.63) is 0 Å². The van der Waals surface area contributed by atoms with Crippen LogP contribution in [0.2, 0.25) is 0 Å². The fraction of sp³-hybridized carbons (Fsp3) is 0.680. The maximum atomic E-state index is 14.7. The lowest BCUT2D eigenvalue weighted by Crippen LogP contribution is -2.62. The number of hydrogen-bond acceptors (Lipinski definition) is 28. The van der Waals surface area contributed by atoms with Crippen LogP contribution in [0.25, 0.3) is 0 Å². The largest absolute Gasteiger partial charge is 0.481 e. The molecule has 0 radical (unpaired) electrons. The van der Waals surface area contributed by atoms with E-state index in [2.05, 4.69) is 85.1 Å². The van der Waals surface area contributed by atoms with E-state index in [0.29, 0.717) is 0 Å². The summed E-state index contributed by atoms with van der Waals surface area (Å²) in [4.78, 5) is 322. The monoisotopic (exact) mass is 1810 g/mol. The van der Waals surface area contributed by atoms with Gasteiger partial charge in [-0.05, 0) is 108 Å². The first-order chi connectivity index (χ1) is 59.7. The third-order valence-corrected chi connectivity index (χ3v) is 19.4. The number of carboxylic acid groups (broad SMARTS) is 3. The van der Waals surface area contributed by atoms with Crippen LogP contribution in [0.5, 0.6) is 0 Å². The smallest absolute Gasteiger partial charge is 0.304 e. The van der Waals surface area contributed by atoms with Crippen molar-refractivity contribution in [2.24, 2.45) is 52.0 Å². The van der Waals surface area contributed by atoms with E-state index in [-0.39, 0.29) is 83.5 Å². The Labute approximate surface area is 729 Å². The van der Waals surface area contributed by atoms with Gasteiger partial charge in [0.15, 0.2) is 0 Å². The quantitative estimate of drug-likeness (QED) is 0.0252. The zero-order valence-corrected chi connectivity index (χ0v) is 71.2. The van der Waals surface area contributed by atoms with Gasteiger partial charge in [-0.25, -0.2) is 0 Å². The van der Waals surface area contributed by atoms with Gasteiger partial charge in [0.1, 0.15) is 84.6 Å². The summed E-state index contributed by atoms with van der Waals surface area (Å²) in [6, 6.07) is -26.2. The Morgan fingerprint density at radius 1 is 0.433 bits per heavy atom. The second kappa shape index (κ2) is 59.9. The summed E-state index contributed by atoms with van der Waals surface area (Å²) >= 11 is 0. The maximum Gasteiger partial charge on any atom is 0.304 e. The fourth-order valence-corrected chi connectivity index (χ4v) is 12.2. The Balaban J connectivity index is 4.34. The second-order valence-electron chi connectivity index (χ2n) is 30.5. The van der Waals surface area contributed by atoms with Crippen molar-refractivity contribution >= 4 is 142 Å². The number of carbonyl (C=O) groups excluding carboxylic acids is 21.